The highest BCUT2D eigenvalue weighted by atomic mass is 32.2. The van der Waals surface area contributed by atoms with Crippen LogP contribution in [0.25, 0.3) is 11.1 Å². The lowest BCUT2D eigenvalue weighted by Crippen LogP contribution is -2.44. The summed E-state index contributed by atoms with van der Waals surface area (Å²) in [5.74, 6) is 1.06. The Labute approximate surface area is 210 Å². The van der Waals surface area contributed by atoms with Crippen LogP contribution in [0.2, 0.25) is 0 Å². The molecule has 3 rings (SSSR count). The number of carbonyl (C=O) groups is 2. The summed E-state index contributed by atoms with van der Waals surface area (Å²) < 4.78 is 8.87. The monoisotopic (exact) mass is 488 g/mol. The van der Waals surface area contributed by atoms with Gasteiger partial charge in [0.2, 0.25) is 0 Å². The summed E-state index contributed by atoms with van der Waals surface area (Å²) >= 11 is 1.08. The lowest BCUT2D eigenvalue weighted by molar-refractivity contribution is 0.0827. The minimum atomic E-state index is -0.378. The van der Waals surface area contributed by atoms with Crippen molar-refractivity contribution in [3.8, 4) is 28.7 Å². The third kappa shape index (κ3) is 7.26. The van der Waals surface area contributed by atoms with Crippen molar-refractivity contribution in [2.24, 2.45) is 0 Å². The number of ether oxygens (including phenoxy) is 1. The number of hydrogen-bond acceptors (Lipinski definition) is 5. The van der Waals surface area contributed by atoms with Crippen LogP contribution >= 0.6 is 11.9 Å². The smallest absolute Gasteiger partial charge is 0.325 e. The first-order valence-corrected chi connectivity index (χ1v) is 11.8. The molecule has 0 heterocycles. The Balaban J connectivity index is 1.80. The van der Waals surface area contributed by atoms with E-state index in [1.165, 1.54) is 4.90 Å². The molecule has 0 saturated carbocycles. The highest BCUT2D eigenvalue weighted by Gasteiger charge is 2.15. The number of nitrogens with zero attached hydrogens (tertiary/aromatic N) is 2. The van der Waals surface area contributed by atoms with Crippen LogP contribution in [-0.2, 0) is 0 Å². The Hall–Kier alpha value is -3.96. The number of hydrogen-bond donors (Lipinski definition) is 2. The molecule has 0 aliphatic carbocycles. The van der Waals surface area contributed by atoms with E-state index in [9.17, 15) is 14.9 Å². The summed E-state index contributed by atoms with van der Waals surface area (Å²) in [6.07, 6.45) is 0. The van der Waals surface area contributed by atoms with Gasteiger partial charge in [0, 0.05) is 25.2 Å². The second kappa shape index (κ2) is 11.0. The van der Waals surface area contributed by atoms with Crippen molar-refractivity contribution in [1.82, 2.24) is 14.9 Å². The first-order chi connectivity index (χ1) is 16.6. The zero-order valence-electron chi connectivity index (χ0n) is 20.4. The molecule has 8 heteroatoms. The summed E-state index contributed by atoms with van der Waals surface area (Å²) in [6, 6.07) is 21.8. The first-order valence-electron chi connectivity index (χ1n) is 10.9. The molecule has 0 aliphatic heterocycles. The number of benzene rings is 3. The second-order valence-electron chi connectivity index (χ2n) is 9.09. The van der Waals surface area contributed by atoms with Crippen molar-refractivity contribution in [3.05, 3.63) is 77.9 Å². The maximum atomic E-state index is 12.2. The summed E-state index contributed by atoms with van der Waals surface area (Å²) in [7, 11) is 3.44. The molecule has 0 radical (unpaired) electrons. The lowest BCUT2D eigenvalue weighted by Gasteiger charge is -2.20. The third-order valence-electron chi connectivity index (χ3n) is 4.75. The number of nitriles is 1. The zero-order valence-corrected chi connectivity index (χ0v) is 21.2. The fourth-order valence-electron chi connectivity index (χ4n) is 3.14. The number of nitrogens with one attached hydrogen (secondary N) is 2. The minimum Gasteiger partial charge on any atom is -0.456 e. The number of rotatable bonds is 6. The van der Waals surface area contributed by atoms with E-state index < -0.39 is 0 Å². The topological polar surface area (TPSA) is 94.5 Å². The van der Waals surface area contributed by atoms with Gasteiger partial charge < -0.3 is 15.0 Å². The van der Waals surface area contributed by atoms with Gasteiger partial charge in [-0.05, 0) is 86.3 Å². The molecular weight excluding hydrogens is 460 g/mol. The molecule has 0 fully saturated rings. The Bertz CT molecular complexity index is 1260. The fourth-order valence-corrected chi connectivity index (χ4v) is 3.79. The molecule has 0 aliphatic rings. The third-order valence-corrected chi connectivity index (χ3v) is 5.57. The Morgan fingerprint density at radius 2 is 1.69 bits per heavy atom. The molecule has 0 bridgehead atoms. The molecule has 0 atom stereocenters. The highest BCUT2D eigenvalue weighted by molar-refractivity contribution is 7.98. The zero-order chi connectivity index (χ0) is 25.6. The minimum absolute atomic E-state index is 0.0516. The second-order valence-corrected chi connectivity index (χ2v) is 9.94. The Morgan fingerprint density at radius 3 is 2.31 bits per heavy atom. The van der Waals surface area contributed by atoms with Gasteiger partial charge in [-0.25, -0.2) is 4.79 Å². The van der Waals surface area contributed by atoms with Gasteiger partial charge in [-0.1, -0.05) is 24.3 Å². The van der Waals surface area contributed by atoms with Crippen LogP contribution in [0.3, 0.4) is 0 Å². The molecular formula is C27H28N4O3S. The van der Waals surface area contributed by atoms with Crippen LogP contribution in [-0.4, -0.2) is 36.5 Å². The molecule has 0 saturated heterocycles. The standard InChI is InChI=1S/C27H28N4O3S/c1-27(2,3)29-26(33)30-35-24-15-18(17-28)9-14-23(24)34-22-8-6-7-21(16-22)19-10-12-20(13-11-19)25(32)31(4)5/h6-16H,1-5H3,(H2,29,30,33). The van der Waals surface area contributed by atoms with E-state index in [1.807, 2.05) is 57.2 Å². The Kier molecular flexibility index (Phi) is 8.05. The van der Waals surface area contributed by atoms with Gasteiger partial charge in [0.05, 0.1) is 16.5 Å². The van der Waals surface area contributed by atoms with Crippen molar-refractivity contribution >= 4 is 23.9 Å². The maximum absolute atomic E-state index is 12.2. The predicted molar refractivity (Wildman–Crippen MR) is 138 cm³/mol. The van der Waals surface area contributed by atoms with E-state index in [4.69, 9.17) is 4.74 Å². The molecule has 0 unspecified atom stereocenters. The highest BCUT2D eigenvalue weighted by Crippen LogP contribution is 2.34. The van der Waals surface area contributed by atoms with Gasteiger partial charge in [-0.3, -0.25) is 9.52 Å². The first kappa shape index (κ1) is 25.7. The van der Waals surface area contributed by atoms with Crippen LogP contribution in [0.5, 0.6) is 11.5 Å². The molecule has 7 nitrogen and oxygen atoms in total. The molecule has 35 heavy (non-hydrogen) atoms. The van der Waals surface area contributed by atoms with Crippen LogP contribution in [0.4, 0.5) is 4.79 Å². The Morgan fingerprint density at radius 1 is 0.971 bits per heavy atom. The molecule has 3 amide bonds. The molecule has 3 aromatic rings. The van der Waals surface area contributed by atoms with E-state index in [0.29, 0.717) is 27.5 Å². The van der Waals surface area contributed by atoms with Crippen molar-refractivity contribution in [1.29, 1.82) is 5.26 Å². The van der Waals surface area contributed by atoms with Crippen molar-refractivity contribution in [3.63, 3.8) is 0 Å². The van der Waals surface area contributed by atoms with Crippen LogP contribution in [0, 0.1) is 11.3 Å². The normalized spacial score (nSPS) is 10.7. The molecule has 0 aromatic heterocycles. The van der Waals surface area contributed by atoms with Crippen molar-refractivity contribution < 1.29 is 14.3 Å². The van der Waals surface area contributed by atoms with E-state index in [-0.39, 0.29) is 17.5 Å². The van der Waals surface area contributed by atoms with Gasteiger partial charge in [0.15, 0.2) is 0 Å². The van der Waals surface area contributed by atoms with E-state index in [0.717, 1.165) is 23.1 Å². The van der Waals surface area contributed by atoms with Gasteiger partial charge in [0.1, 0.15) is 11.5 Å². The molecule has 2 N–H and O–H groups in total. The number of amides is 3. The summed E-state index contributed by atoms with van der Waals surface area (Å²) in [4.78, 5) is 26.5. The summed E-state index contributed by atoms with van der Waals surface area (Å²) in [5.41, 5.74) is 2.57. The van der Waals surface area contributed by atoms with Gasteiger partial charge in [0.25, 0.3) is 5.91 Å². The molecule has 0 spiro atoms. The van der Waals surface area contributed by atoms with Gasteiger partial charge in [-0.15, -0.1) is 0 Å². The molecule has 180 valence electrons. The van der Waals surface area contributed by atoms with E-state index in [2.05, 4.69) is 16.1 Å². The predicted octanol–water partition coefficient (Wildman–Crippen LogP) is 5.82. The van der Waals surface area contributed by atoms with E-state index >= 15 is 0 Å². The quantitative estimate of drug-likeness (QED) is 0.426. The summed E-state index contributed by atoms with van der Waals surface area (Å²) in [6.45, 7) is 5.67. The SMILES string of the molecule is CN(C)C(=O)c1ccc(-c2cccc(Oc3ccc(C#N)cc3SNC(=O)NC(C)(C)C)c2)cc1. The van der Waals surface area contributed by atoms with Crippen LogP contribution in [0.15, 0.2) is 71.6 Å². The number of carbonyl (C=O) groups excluding carboxylic acids is 2. The lowest BCUT2D eigenvalue weighted by atomic mass is 10.0. The van der Waals surface area contributed by atoms with Crippen LogP contribution < -0.4 is 14.8 Å². The average Bonchev–Trinajstić information content (AvgIpc) is 2.82. The maximum Gasteiger partial charge on any atom is 0.325 e. The van der Waals surface area contributed by atoms with Crippen molar-refractivity contribution in [2.75, 3.05) is 14.1 Å². The van der Waals surface area contributed by atoms with E-state index in [1.54, 1.807) is 44.4 Å². The summed E-state index contributed by atoms with van der Waals surface area (Å²) in [5, 5.41) is 12.1. The molecule has 3 aromatic carbocycles. The number of urea groups is 1. The van der Waals surface area contributed by atoms with Crippen LogP contribution in [0.1, 0.15) is 36.7 Å². The average molecular weight is 489 g/mol. The fraction of sp³-hybridized carbons (Fsp3) is 0.222. The van der Waals surface area contributed by atoms with Gasteiger partial charge >= 0.3 is 6.03 Å². The van der Waals surface area contributed by atoms with Gasteiger partial charge in [-0.2, -0.15) is 5.26 Å². The van der Waals surface area contributed by atoms with Crippen molar-refractivity contribution in [2.45, 2.75) is 31.2 Å². The largest absolute Gasteiger partial charge is 0.456 e.